The van der Waals surface area contributed by atoms with Gasteiger partial charge in [0, 0.05) is 6.54 Å². The predicted octanol–water partition coefficient (Wildman–Crippen LogP) is 1.33. The Morgan fingerprint density at radius 3 is 2.47 bits per heavy atom. The van der Waals surface area contributed by atoms with Crippen molar-refractivity contribution in [1.29, 1.82) is 0 Å². The Kier molecular flexibility index (Phi) is 3.21. The molecule has 0 atom stereocenters. The molecule has 2 N–H and O–H groups in total. The van der Waals surface area contributed by atoms with E-state index in [4.69, 9.17) is 4.55 Å². The molecule has 0 aromatic heterocycles. The number of anilines is 1. The van der Waals surface area contributed by atoms with Gasteiger partial charge in [0.2, 0.25) is 0 Å². The van der Waals surface area contributed by atoms with Gasteiger partial charge in [0.15, 0.2) is 0 Å². The summed E-state index contributed by atoms with van der Waals surface area (Å²) in [5.74, 6) is -0.142. The first-order valence-electron chi connectivity index (χ1n) is 4.41. The van der Waals surface area contributed by atoms with Crippen LogP contribution in [-0.2, 0) is 10.3 Å². The van der Waals surface area contributed by atoms with Gasteiger partial charge in [-0.3, -0.25) is 4.55 Å². The molecule has 0 fully saturated rings. The van der Waals surface area contributed by atoms with Crippen molar-refractivity contribution in [3.8, 4) is 5.75 Å². The zero-order chi connectivity index (χ0) is 11.6. The first kappa shape index (κ1) is 11.8. The molecular formula is C9H13NO4S. The highest BCUT2D eigenvalue weighted by Crippen LogP contribution is 2.31. The SMILES string of the molecule is CCN(c1cccc(C)c1O)S(=O)(=O)O. The molecule has 1 aromatic carbocycles. The molecule has 0 unspecified atom stereocenters. The largest absolute Gasteiger partial charge is 0.505 e. The molecule has 1 aromatic rings. The third-order valence-corrected chi connectivity index (χ3v) is 3.06. The van der Waals surface area contributed by atoms with Crippen molar-refractivity contribution < 1.29 is 18.1 Å². The van der Waals surface area contributed by atoms with Crippen LogP contribution in [0.5, 0.6) is 5.75 Å². The van der Waals surface area contributed by atoms with Crippen molar-refractivity contribution >= 4 is 16.0 Å². The maximum Gasteiger partial charge on any atom is 0.360 e. The third kappa shape index (κ3) is 2.40. The second kappa shape index (κ2) is 4.08. The lowest BCUT2D eigenvalue weighted by Gasteiger charge is -2.20. The van der Waals surface area contributed by atoms with E-state index in [1.807, 2.05) is 0 Å². The predicted molar refractivity (Wildman–Crippen MR) is 57.4 cm³/mol. The van der Waals surface area contributed by atoms with Crippen molar-refractivity contribution in [2.45, 2.75) is 13.8 Å². The van der Waals surface area contributed by atoms with E-state index in [1.54, 1.807) is 26.0 Å². The summed E-state index contributed by atoms with van der Waals surface area (Å²) in [5.41, 5.74) is 0.634. The van der Waals surface area contributed by atoms with E-state index < -0.39 is 10.3 Å². The molecule has 0 bridgehead atoms. The minimum absolute atomic E-state index is 0.0514. The minimum atomic E-state index is -4.33. The molecule has 0 saturated carbocycles. The smallest absolute Gasteiger partial charge is 0.360 e. The molecule has 0 aliphatic heterocycles. The molecule has 0 radical (unpaired) electrons. The first-order valence-corrected chi connectivity index (χ1v) is 5.81. The van der Waals surface area contributed by atoms with Crippen molar-refractivity contribution in [3.63, 3.8) is 0 Å². The van der Waals surface area contributed by atoms with Crippen molar-refractivity contribution in [2.24, 2.45) is 0 Å². The second-order valence-electron chi connectivity index (χ2n) is 3.09. The Bertz CT molecular complexity index is 455. The number of benzene rings is 1. The van der Waals surface area contributed by atoms with Crippen LogP contribution in [0.2, 0.25) is 0 Å². The molecular weight excluding hydrogens is 218 g/mol. The van der Waals surface area contributed by atoms with Crippen LogP contribution in [-0.4, -0.2) is 24.6 Å². The number of para-hydroxylation sites is 1. The van der Waals surface area contributed by atoms with Crippen LogP contribution in [0.4, 0.5) is 5.69 Å². The van der Waals surface area contributed by atoms with Crippen LogP contribution >= 0.6 is 0 Å². The minimum Gasteiger partial charge on any atom is -0.505 e. The standard InChI is InChI=1S/C9H13NO4S/c1-3-10(15(12,13)14)8-6-4-5-7(2)9(8)11/h4-6,11H,3H2,1-2H3,(H,12,13,14). The average molecular weight is 231 g/mol. The molecule has 1 rings (SSSR count). The number of hydrogen-bond donors (Lipinski definition) is 2. The van der Waals surface area contributed by atoms with Crippen LogP contribution in [0.15, 0.2) is 18.2 Å². The van der Waals surface area contributed by atoms with E-state index in [9.17, 15) is 13.5 Å². The number of phenolic OH excluding ortho intramolecular Hbond substituents is 1. The number of phenols is 1. The molecule has 0 saturated heterocycles. The summed E-state index contributed by atoms with van der Waals surface area (Å²) in [5, 5.41) is 9.65. The van der Waals surface area contributed by atoms with E-state index in [0.29, 0.717) is 5.56 Å². The fraction of sp³-hybridized carbons (Fsp3) is 0.333. The Morgan fingerprint density at radius 1 is 1.40 bits per heavy atom. The lowest BCUT2D eigenvalue weighted by molar-refractivity contribution is 0.462. The van der Waals surface area contributed by atoms with Crippen molar-refractivity contribution in [3.05, 3.63) is 23.8 Å². The molecule has 0 spiro atoms. The highest BCUT2D eigenvalue weighted by molar-refractivity contribution is 7.87. The lowest BCUT2D eigenvalue weighted by Crippen LogP contribution is -2.29. The van der Waals surface area contributed by atoms with Crippen LogP contribution in [0.25, 0.3) is 0 Å². The molecule has 0 aliphatic rings. The number of hydrogen-bond acceptors (Lipinski definition) is 3. The molecule has 84 valence electrons. The van der Waals surface area contributed by atoms with Gasteiger partial charge in [-0.15, -0.1) is 0 Å². The molecule has 0 aliphatic carbocycles. The number of rotatable bonds is 3. The maximum atomic E-state index is 11.0. The van der Waals surface area contributed by atoms with E-state index in [1.165, 1.54) is 6.07 Å². The topological polar surface area (TPSA) is 77.8 Å². The summed E-state index contributed by atoms with van der Waals surface area (Å²) in [4.78, 5) is 0. The summed E-state index contributed by atoms with van der Waals surface area (Å²) in [7, 11) is -4.33. The summed E-state index contributed by atoms with van der Waals surface area (Å²) in [6.07, 6.45) is 0. The number of aryl methyl sites for hydroxylation is 1. The Balaban J connectivity index is 3.31. The van der Waals surface area contributed by atoms with Gasteiger partial charge < -0.3 is 5.11 Å². The van der Waals surface area contributed by atoms with E-state index in [-0.39, 0.29) is 18.0 Å². The van der Waals surface area contributed by atoms with Gasteiger partial charge in [0.05, 0.1) is 5.69 Å². The van der Waals surface area contributed by atoms with Gasteiger partial charge >= 0.3 is 10.3 Å². The first-order chi connectivity index (χ1) is 6.88. The van der Waals surface area contributed by atoms with Crippen LogP contribution in [0.3, 0.4) is 0 Å². The second-order valence-corrected chi connectivity index (χ2v) is 4.42. The monoisotopic (exact) mass is 231 g/mol. The highest BCUT2D eigenvalue weighted by atomic mass is 32.2. The fourth-order valence-electron chi connectivity index (χ4n) is 1.30. The fourth-order valence-corrected chi connectivity index (χ4v) is 2.02. The van der Waals surface area contributed by atoms with Gasteiger partial charge in [-0.25, -0.2) is 4.31 Å². The van der Waals surface area contributed by atoms with Gasteiger partial charge in [-0.05, 0) is 25.5 Å². The summed E-state index contributed by atoms with van der Waals surface area (Å²) in [6.45, 7) is 3.27. The van der Waals surface area contributed by atoms with Gasteiger partial charge in [-0.1, -0.05) is 12.1 Å². The quantitative estimate of drug-likeness (QED) is 0.769. The molecule has 6 heteroatoms. The van der Waals surface area contributed by atoms with Crippen LogP contribution in [0.1, 0.15) is 12.5 Å². The summed E-state index contributed by atoms with van der Waals surface area (Å²) >= 11 is 0. The number of nitrogens with zero attached hydrogens (tertiary/aromatic N) is 1. The maximum absolute atomic E-state index is 11.0. The highest BCUT2D eigenvalue weighted by Gasteiger charge is 2.20. The third-order valence-electron chi connectivity index (χ3n) is 2.05. The molecule has 15 heavy (non-hydrogen) atoms. The van der Waals surface area contributed by atoms with Crippen LogP contribution < -0.4 is 4.31 Å². The molecule has 0 amide bonds. The molecule has 5 nitrogen and oxygen atoms in total. The zero-order valence-electron chi connectivity index (χ0n) is 8.51. The zero-order valence-corrected chi connectivity index (χ0v) is 9.32. The number of aromatic hydroxyl groups is 1. The van der Waals surface area contributed by atoms with Gasteiger partial charge in [0.25, 0.3) is 0 Å². The van der Waals surface area contributed by atoms with Gasteiger partial charge in [-0.2, -0.15) is 8.42 Å². The normalized spacial score (nSPS) is 11.4. The lowest BCUT2D eigenvalue weighted by atomic mass is 10.2. The van der Waals surface area contributed by atoms with Gasteiger partial charge in [0.1, 0.15) is 5.75 Å². The summed E-state index contributed by atoms with van der Waals surface area (Å²) in [6, 6.07) is 4.69. The Hall–Kier alpha value is -1.27. The van der Waals surface area contributed by atoms with Crippen LogP contribution in [0, 0.1) is 6.92 Å². The van der Waals surface area contributed by atoms with E-state index >= 15 is 0 Å². The Labute approximate surface area is 88.8 Å². The van der Waals surface area contributed by atoms with E-state index in [0.717, 1.165) is 4.31 Å². The Morgan fingerprint density at radius 2 is 2.00 bits per heavy atom. The average Bonchev–Trinajstić information content (AvgIpc) is 2.11. The summed E-state index contributed by atoms with van der Waals surface area (Å²) < 4.78 is 31.7. The molecule has 0 heterocycles. The van der Waals surface area contributed by atoms with E-state index in [2.05, 4.69) is 0 Å². The van der Waals surface area contributed by atoms with Crippen molar-refractivity contribution in [1.82, 2.24) is 0 Å². The van der Waals surface area contributed by atoms with Crippen molar-refractivity contribution in [2.75, 3.05) is 10.8 Å².